The summed E-state index contributed by atoms with van der Waals surface area (Å²) < 4.78 is 0. The maximum Gasteiger partial charge on any atom is 0.0740 e. The van der Waals surface area contributed by atoms with Crippen LogP contribution in [-0.4, -0.2) is 5.16 Å². The number of rotatable bonds is 2. The normalized spacial score (nSPS) is 8.33. The van der Waals surface area contributed by atoms with Gasteiger partial charge < -0.3 is 0 Å². The number of isothiocyanates is 1. The lowest BCUT2D eigenvalue weighted by Crippen LogP contribution is -1.81. The molecule has 4 rings (SSSR count). The van der Waals surface area contributed by atoms with Crippen LogP contribution in [0.4, 0.5) is 5.69 Å². The molecule has 0 amide bonds. The molecule has 0 fully saturated rings. The van der Waals surface area contributed by atoms with Gasteiger partial charge in [-0.05, 0) is 95.4 Å². The minimum Gasteiger partial charge on any atom is -0.195 e. The zero-order valence-electron chi connectivity index (χ0n) is 24.7. The first-order valence-electron chi connectivity index (χ1n) is 13.8. The highest BCUT2D eigenvalue weighted by Crippen LogP contribution is 2.18. The van der Waals surface area contributed by atoms with Gasteiger partial charge in [-0.15, -0.1) is 9.24 Å². The second-order valence-electron chi connectivity index (χ2n) is 6.93. The van der Waals surface area contributed by atoms with Crippen LogP contribution < -0.4 is 0 Å². The molecule has 4 aromatic carbocycles. The molecule has 1 unspecified atom stereocenters. The molecule has 0 aliphatic heterocycles. The zero-order valence-corrected chi connectivity index (χ0v) is 26.7. The number of hydrogen-bond acceptors (Lipinski definition) is 2. The van der Waals surface area contributed by atoms with Gasteiger partial charge in [0.1, 0.15) is 0 Å². The molecule has 0 radical (unpaired) electrons. The summed E-state index contributed by atoms with van der Waals surface area (Å²) in [6, 6.07) is 28.5. The van der Waals surface area contributed by atoms with Crippen molar-refractivity contribution >= 4 is 43.1 Å². The SMILES string of the molecule is CC.CC.CC.CC.PCc1ccc(C#Cc2ccc3cc(C#Cc4ccc(N=C=S)cc4)ccc3c2)cc1. The summed E-state index contributed by atoms with van der Waals surface area (Å²) in [6.45, 7) is 16.0. The highest BCUT2D eigenvalue weighted by molar-refractivity contribution is 7.78. The van der Waals surface area contributed by atoms with E-state index < -0.39 is 0 Å². The number of aliphatic imine (C=N–C) groups is 1. The fourth-order valence-electron chi connectivity index (χ4n) is 3.09. The Hall–Kier alpha value is -3.51. The highest BCUT2D eigenvalue weighted by atomic mass is 32.1. The van der Waals surface area contributed by atoms with Crippen LogP contribution >= 0.6 is 21.5 Å². The van der Waals surface area contributed by atoms with Gasteiger partial charge in [0.2, 0.25) is 0 Å². The maximum atomic E-state index is 4.62. The molecule has 0 saturated heterocycles. The van der Waals surface area contributed by atoms with E-state index in [0.29, 0.717) is 0 Å². The third-order valence-corrected chi connectivity index (χ3v) is 5.34. The van der Waals surface area contributed by atoms with Crippen LogP contribution in [0, 0.1) is 23.7 Å². The number of thiocarbonyl (C=S) groups is 1. The Morgan fingerprint density at radius 3 is 1.28 bits per heavy atom. The maximum absolute atomic E-state index is 4.62. The van der Waals surface area contributed by atoms with Crippen LogP contribution in [-0.2, 0) is 6.16 Å². The van der Waals surface area contributed by atoms with Gasteiger partial charge in [0, 0.05) is 22.3 Å². The van der Waals surface area contributed by atoms with E-state index in [0.717, 1.165) is 44.9 Å². The van der Waals surface area contributed by atoms with E-state index >= 15 is 0 Å². The van der Waals surface area contributed by atoms with Crippen molar-refractivity contribution in [2.24, 2.45) is 4.99 Å². The second-order valence-corrected chi connectivity index (χ2v) is 7.52. The van der Waals surface area contributed by atoms with Gasteiger partial charge in [-0.1, -0.05) is 103 Å². The van der Waals surface area contributed by atoms with Gasteiger partial charge in [0.25, 0.3) is 0 Å². The lowest BCUT2D eigenvalue weighted by molar-refractivity contribution is 1.41. The van der Waals surface area contributed by atoms with Crippen LogP contribution in [0.25, 0.3) is 10.8 Å². The summed E-state index contributed by atoms with van der Waals surface area (Å²) in [4.78, 5) is 3.95. The molecule has 202 valence electrons. The average Bonchev–Trinajstić information content (AvgIpc) is 3.04. The Labute approximate surface area is 245 Å². The summed E-state index contributed by atoms with van der Waals surface area (Å²) in [5.41, 5.74) is 6.00. The number of hydrogen-bond donors (Lipinski definition) is 0. The molecule has 0 spiro atoms. The molecule has 3 heteroatoms. The van der Waals surface area contributed by atoms with E-state index in [4.69, 9.17) is 0 Å². The molecule has 0 aliphatic rings. The summed E-state index contributed by atoms with van der Waals surface area (Å²) in [5.74, 6) is 12.9. The Morgan fingerprint density at radius 2 is 0.897 bits per heavy atom. The fraction of sp³-hybridized carbons (Fsp3) is 0.250. The molecule has 0 aliphatic carbocycles. The Morgan fingerprint density at radius 1 is 0.538 bits per heavy atom. The van der Waals surface area contributed by atoms with Crippen LogP contribution in [0.5, 0.6) is 0 Å². The van der Waals surface area contributed by atoms with Crippen molar-refractivity contribution in [3.8, 4) is 23.7 Å². The second kappa shape index (κ2) is 22.5. The summed E-state index contributed by atoms with van der Waals surface area (Å²) in [5, 5.41) is 4.66. The van der Waals surface area contributed by atoms with Crippen molar-refractivity contribution in [2.75, 3.05) is 0 Å². The molecular formula is C36H42NPS. The van der Waals surface area contributed by atoms with E-state index in [1.165, 1.54) is 5.56 Å². The quantitative estimate of drug-likeness (QED) is 0.104. The lowest BCUT2D eigenvalue weighted by Gasteiger charge is -2.00. The van der Waals surface area contributed by atoms with E-state index in [-0.39, 0.29) is 0 Å². The lowest BCUT2D eigenvalue weighted by atomic mass is 10.0. The largest absolute Gasteiger partial charge is 0.195 e. The molecule has 4 aromatic rings. The highest BCUT2D eigenvalue weighted by Gasteiger charge is 1.97. The molecule has 1 nitrogen and oxygen atoms in total. The van der Waals surface area contributed by atoms with Crippen molar-refractivity contribution in [1.82, 2.24) is 0 Å². The molecule has 0 saturated carbocycles. The number of fused-ring (bicyclic) bond motifs is 1. The van der Waals surface area contributed by atoms with Crippen LogP contribution in [0.15, 0.2) is 89.9 Å². The zero-order chi connectivity index (χ0) is 29.5. The van der Waals surface area contributed by atoms with Crippen LogP contribution in [0.1, 0.15) is 83.2 Å². The van der Waals surface area contributed by atoms with Crippen molar-refractivity contribution in [2.45, 2.75) is 61.6 Å². The first-order chi connectivity index (χ1) is 19.2. The third kappa shape index (κ3) is 12.7. The molecule has 39 heavy (non-hydrogen) atoms. The Kier molecular flexibility index (Phi) is 20.4. The summed E-state index contributed by atoms with van der Waals surface area (Å²) >= 11 is 4.62. The number of benzene rings is 4. The number of nitrogens with zero attached hydrogens (tertiary/aromatic N) is 1. The standard InChI is InChI=1S/C28H18NPS.4C2H6/c30-19-25-7-3-21(4-8-25)1-5-23-9-13-27-18-24(10-14-26(27)17-23)6-2-22-11-15-28(16-12-22)29-20-31;4*1-2/h3-4,7-18H,19,30H2;4*1-2H3. The molecule has 0 aromatic heterocycles. The van der Waals surface area contributed by atoms with E-state index in [2.05, 4.69) is 110 Å². The van der Waals surface area contributed by atoms with Crippen LogP contribution in [0.3, 0.4) is 0 Å². The fourth-order valence-corrected chi connectivity index (χ4v) is 3.46. The smallest absolute Gasteiger partial charge is 0.0740 e. The van der Waals surface area contributed by atoms with Gasteiger partial charge in [-0.3, -0.25) is 0 Å². The van der Waals surface area contributed by atoms with Gasteiger partial charge >= 0.3 is 0 Å². The minimum atomic E-state index is 0.780. The van der Waals surface area contributed by atoms with Gasteiger partial charge in [-0.25, -0.2) is 0 Å². The van der Waals surface area contributed by atoms with Crippen molar-refractivity contribution < 1.29 is 0 Å². The summed E-state index contributed by atoms with van der Waals surface area (Å²) in [7, 11) is 2.74. The minimum absolute atomic E-state index is 0.780. The monoisotopic (exact) mass is 551 g/mol. The Bertz CT molecular complexity index is 1410. The summed E-state index contributed by atoms with van der Waals surface area (Å²) in [6.07, 6.45) is 0.959. The van der Waals surface area contributed by atoms with Crippen molar-refractivity contribution in [1.29, 1.82) is 0 Å². The van der Waals surface area contributed by atoms with Crippen molar-refractivity contribution in [3.05, 3.63) is 113 Å². The molecule has 0 N–H and O–H groups in total. The van der Waals surface area contributed by atoms with Gasteiger partial charge in [0.15, 0.2) is 0 Å². The predicted molar refractivity (Wildman–Crippen MR) is 182 cm³/mol. The first kappa shape index (κ1) is 35.5. The Balaban J connectivity index is 0.00000166. The average molecular weight is 552 g/mol. The van der Waals surface area contributed by atoms with E-state index in [1.54, 1.807) is 0 Å². The van der Waals surface area contributed by atoms with Gasteiger partial charge in [0.05, 0.1) is 10.8 Å². The molecule has 0 bridgehead atoms. The molecular weight excluding hydrogens is 509 g/mol. The predicted octanol–water partition coefficient (Wildman–Crippen LogP) is 10.9. The molecule has 0 heterocycles. The van der Waals surface area contributed by atoms with E-state index in [1.807, 2.05) is 85.7 Å². The first-order valence-corrected chi connectivity index (χ1v) is 15.0. The molecule has 1 atom stereocenters. The van der Waals surface area contributed by atoms with Crippen LogP contribution in [0.2, 0.25) is 0 Å². The van der Waals surface area contributed by atoms with E-state index in [9.17, 15) is 0 Å². The topological polar surface area (TPSA) is 12.4 Å². The van der Waals surface area contributed by atoms with Gasteiger partial charge in [-0.2, -0.15) is 4.99 Å². The third-order valence-electron chi connectivity index (χ3n) is 4.77. The van der Waals surface area contributed by atoms with Crippen molar-refractivity contribution in [3.63, 3.8) is 0 Å².